The maximum Gasteiger partial charge on any atom is 0.422 e. The molecule has 0 atom stereocenters. The van der Waals surface area contributed by atoms with E-state index in [1.54, 1.807) is 12.3 Å². The van der Waals surface area contributed by atoms with Crippen LogP contribution in [0, 0.1) is 0 Å². The monoisotopic (exact) mass is 456 g/mol. The summed E-state index contributed by atoms with van der Waals surface area (Å²) < 4.78 is 49.8. The van der Waals surface area contributed by atoms with Crippen LogP contribution in [0.15, 0.2) is 17.6 Å². The van der Waals surface area contributed by atoms with Crippen LogP contribution in [0.5, 0.6) is 5.75 Å². The van der Waals surface area contributed by atoms with E-state index in [0.29, 0.717) is 12.1 Å². The molecule has 1 N–H and O–H groups in total. The van der Waals surface area contributed by atoms with Crippen molar-refractivity contribution in [2.75, 3.05) is 18.5 Å². The van der Waals surface area contributed by atoms with E-state index < -0.39 is 24.7 Å². The second-order valence-electron chi connectivity index (χ2n) is 6.36. The van der Waals surface area contributed by atoms with Crippen molar-refractivity contribution in [3.63, 3.8) is 0 Å². The maximum absolute atomic E-state index is 12.8. The van der Waals surface area contributed by atoms with Gasteiger partial charge in [-0.1, -0.05) is 6.92 Å². The van der Waals surface area contributed by atoms with Crippen molar-refractivity contribution in [2.45, 2.75) is 26.4 Å². The van der Waals surface area contributed by atoms with Gasteiger partial charge in [0.1, 0.15) is 5.65 Å². The van der Waals surface area contributed by atoms with Crippen molar-refractivity contribution in [3.8, 4) is 5.75 Å². The SMILES string of the molecule is CCOC(=O)c1c(OCC(F)(F)F)c2cc(NC(=O)c3nccs3)c(CC)nc2n1C. The highest BCUT2D eigenvalue weighted by molar-refractivity contribution is 7.11. The van der Waals surface area contributed by atoms with Gasteiger partial charge in [-0.25, -0.2) is 14.8 Å². The van der Waals surface area contributed by atoms with Gasteiger partial charge in [0.25, 0.3) is 5.91 Å². The summed E-state index contributed by atoms with van der Waals surface area (Å²) in [4.78, 5) is 33.3. The lowest BCUT2D eigenvalue weighted by Crippen LogP contribution is -2.20. The van der Waals surface area contributed by atoms with E-state index in [-0.39, 0.29) is 39.8 Å². The van der Waals surface area contributed by atoms with Gasteiger partial charge in [0.2, 0.25) is 0 Å². The Morgan fingerprint density at radius 1 is 1.29 bits per heavy atom. The molecule has 0 aromatic carbocycles. The number of alkyl halides is 3. The first-order chi connectivity index (χ1) is 14.7. The number of halogens is 3. The second kappa shape index (κ2) is 8.92. The topological polar surface area (TPSA) is 95.3 Å². The van der Waals surface area contributed by atoms with Gasteiger partial charge in [-0.2, -0.15) is 13.2 Å². The summed E-state index contributed by atoms with van der Waals surface area (Å²) in [5.74, 6) is -1.63. The minimum atomic E-state index is -4.62. The largest absolute Gasteiger partial charge is 0.481 e. The molecular weight excluding hydrogens is 437 g/mol. The van der Waals surface area contributed by atoms with Crippen LogP contribution in [0.2, 0.25) is 0 Å². The predicted molar refractivity (Wildman–Crippen MR) is 108 cm³/mol. The van der Waals surface area contributed by atoms with E-state index in [4.69, 9.17) is 9.47 Å². The Hall–Kier alpha value is -3.15. The Kier molecular flexibility index (Phi) is 6.48. The fourth-order valence-electron chi connectivity index (χ4n) is 2.97. The lowest BCUT2D eigenvalue weighted by molar-refractivity contribution is -0.153. The predicted octanol–water partition coefficient (Wildman–Crippen LogP) is 3.96. The zero-order valence-corrected chi connectivity index (χ0v) is 17.7. The number of nitrogens with zero attached hydrogens (tertiary/aromatic N) is 3. The summed E-state index contributed by atoms with van der Waals surface area (Å²) in [7, 11) is 1.48. The van der Waals surface area contributed by atoms with Crippen molar-refractivity contribution < 1.29 is 32.2 Å². The molecule has 0 aliphatic carbocycles. The average Bonchev–Trinajstić information content (AvgIpc) is 3.32. The van der Waals surface area contributed by atoms with Gasteiger partial charge >= 0.3 is 12.1 Å². The van der Waals surface area contributed by atoms with Gasteiger partial charge in [-0.3, -0.25) is 4.79 Å². The van der Waals surface area contributed by atoms with Crippen molar-refractivity contribution in [1.29, 1.82) is 0 Å². The highest BCUT2D eigenvalue weighted by Crippen LogP contribution is 2.36. The molecule has 1 amide bonds. The zero-order chi connectivity index (χ0) is 22.8. The average molecular weight is 456 g/mol. The van der Waals surface area contributed by atoms with Gasteiger partial charge in [0, 0.05) is 18.6 Å². The first-order valence-corrected chi connectivity index (χ1v) is 10.1. The number of hydrogen-bond acceptors (Lipinski definition) is 7. The molecule has 3 heterocycles. The van der Waals surface area contributed by atoms with Crippen molar-refractivity contribution in [1.82, 2.24) is 14.5 Å². The number of nitrogens with one attached hydrogen (secondary N) is 1. The molecule has 12 heteroatoms. The Balaban J connectivity index is 2.14. The summed E-state index contributed by atoms with van der Waals surface area (Å²) in [5, 5.41) is 4.68. The summed E-state index contributed by atoms with van der Waals surface area (Å²) in [5.41, 5.74) is 0.798. The Morgan fingerprint density at radius 2 is 2.03 bits per heavy atom. The van der Waals surface area contributed by atoms with Crippen LogP contribution < -0.4 is 10.1 Å². The van der Waals surface area contributed by atoms with E-state index in [9.17, 15) is 22.8 Å². The molecular formula is C19H19F3N4O4S. The van der Waals surface area contributed by atoms with Crippen LogP contribution in [0.1, 0.15) is 39.8 Å². The molecule has 166 valence electrons. The Morgan fingerprint density at radius 3 is 2.61 bits per heavy atom. The smallest absolute Gasteiger partial charge is 0.422 e. The van der Waals surface area contributed by atoms with Gasteiger partial charge in [-0.15, -0.1) is 11.3 Å². The quantitative estimate of drug-likeness (QED) is 0.541. The molecule has 3 aromatic heterocycles. The third kappa shape index (κ3) is 4.79. The molecule has 0 unspecified atom stereocenters. The van der Waals surface area contributed by atoms with E-state index in [1.807, 2.05) is 6.92 Å². The van der Waals surface area contributed by atoms with Gasteiger partial charge in [0.05, 0.1) is 23.4 Å². The number of amides is 1. The van der Waals surface area contributed by atoms with E-state index >= 15 is 0 Å². The van der Waals surface area contributed by atoms with Crippen LogP contribution in [-0.2, 0) is 18.2 Å². The fraction of sp³-hybridized carbons (Fsp3) is 0.368. The number of pyridine rings is 1. The van der Waals surface area contributed by atoms with Crippen molar-refractivity contribution >= 4 is 39.9 Å². The Bertz CT molecular complexity index is 1110. The third-order valence-corrected chi connectivity index (χ3v) is 5.02. The molecule has 8 nitrogen and oxygen atoms in total. The van der Waals surface area contributed by atoms with E-state index in [2.05, 4.69) is 15.3 Å². The number of carbonyl (C=O) groups is 2. The van der Waals surface area contributed by atoms with Crippen molar-refractivity contribution in [3.05, 3.63) is 34.0 Å². The van der Waals surface area contributed by atoms with Crippen LogP contribution in [0.4, 0.5) is 18.9 Å². The lowest BCUT2D eigenvalue weighted by atomic mass is 10.2. The third-order valence-electron chi connectivity index (χ3n) is 4.25. The molecule has 3 aromatic rings. The number of hydrogen-bond donors (Lipinski definition) is 1. The highest BCUT2D eigenvalue weighted by atomic mass is 32.1. The molecule has 0 spiro atoms. The molecule has 0 aliphatic rings. The molecule has 3 rings (SSSR count). The number of thiazole rings is 1. The van der Waals surface area contributed by atoms with Gasteiger partial charge < -0.3 is 19.4 Å². The minimum absolute atomic E-state index is 0.0296. The zero-order valence-electron chi connectivity index (χ0n) is 16.9. The summed E-state index contributed by atoms with van der Waals surface area (Å²) in [6.07, 6.45) is -2.72. The summed E-state index contributed by atoms with van der Waals surface area (Å²) in [6.45, 7) is 1.82. The van der Waals surface area contributed by atoms with Crippen LogP contribution in [0.25, 0.3) is 11.0 Å². The number of ether oxygens (including phenoxy) is 2. The molecule has 0 aliphatic heterocycles. The molecule has 0 bridgehead atoms. The number of carbonyl (C=O) groups excluding carboxylic acids is 2. The molecule has 31 heavy (non-hydrogen) atoms. The number of rotatable bonds is 7. The first-order valence-electron chi connectivity index (χ1n) is 9.26. The molecule has 0 fully saturated rings. The van der Waals surface area contributed by atoms with E-state index in [1.165, 1.54) is 23.9 Å². The lowest BCUT2D eigenvalue weighted by Gasteiger charge is -2.11. The molecule has 0 saturated carbocycles. The first kappa shape index (κ1) is 22.5. The van der Waals surface area contributed by atoms with Crippen LogP contribution >= 0.6 is 11.3 Å². The van der Waals surface area contributed by atoms with E-state index in [0.717, 1.165) is 11.3 Å². The molecule has 0 radical (unpaired) electrons. The minimum Gasteiger partial charge on any atom is -0.481 e. The number of fused-ring (bicyclic) bond motifs is 1. The van der Waals surface area contributed by atoms with Crippen LogP contribution in [-0.4, -0.2) is 45.8 Å². The van der Waals surface area contributed by atoms with Crippen molar-refractivity contribution in [2.24, 2.45) is 7.05 Å². The Labute approximate surface area is 179 Å². The summed E-state index contributed by atoms with van der Waals surface area (Å²) in [6, 6.07) is 1.45. The maximum atomic E-state index is 12.8. The number of esters is 1. The summed E-state index contributed by atoms with van der Waals surface area (Å²) >= 11 is 1.14. The number of aryl methyl sites for hydroxylation is 2. The number of anilines is 1. The highest BCUT2D eigenvalue weighted by Gasteiger charge is 2.32. The second-order valence-corrected chi connectivity index (χ2v) is 7.25. The normalized spacial score (nSPS) is 11.5. The standard InChI is InChI=1S/C19H19F3N4O4S/c1-4-11-12(25-16(27)17-23-6-7-31-17)8-10-14(30-9-19(20,21)22)13(18(28)29-5-2)26(3)15(10)24-11/h6-8H,4-5,9H2,1-3H3,(H,25,27). The van der Waals surface area contributed by atoms with Gasteiger partial charge in [-0.05, 0) is 19.4 Å². The molecule has 0 saturated heterocycles. The fourth-order valence-corrected chi connectivity index (χ4v) is 3.50. The van der Waals surface area contributed by atoms with Crippen LogP contribution in [0.3, 0.4) is 0 Å². The van der Waals surface area contributed by atoms with Gasteiger partial charge in [0.15, 0.2) is 23.1 Å². The number of aromatic nitrogens is 3.